The van der Waals surface area contributed by atoms with Gasteiger partial charge in [0.05, 0.1) is 12.8 Å². The molecule has 2 aliphatic heterocycles. The highest BCUT2D eigenvalue weighted by molar-refractivity contribution is 6.09. The van der Waals surface area contributed by atoms with E-state index in [0.717, 1.165) is 30.5 Å². The molecule has 3 amide bonds. The van der Waals surface area contributed by atoms with Gasteiger partial charge in [0.1, 0.15) is 0 Å². The van der Waals surface area contributed by atoms with Crippen LogP contribution in [0, 0.1) is 0 Å². The fraction of sp³-hybridized carbons (Fsp3) is 0.333. The molecule has 0 aliphatic carbocycles. The van der Waals surface area contributed by atoms with Gasteiger partial charge in [0, 0.05) is 13.1 Å². The van der Waals surface area contributed by atoms with Crippen molar-refractivity contribution in [3.05, 3.63) is 71.8 Å². The van der Waals surface area contributed by atoms with E-state index in [2.05, 4.69) is 5.32 Å². The molecule has 2 aliphatic rings. The van der Waals surface area contributed by atoms with Gasteiger partial charge < -0.3 is 10.4 Å². The van der Waals surface area contributed by atoms with Crippen molar-refractivity contribution in [3.8, 4) is 0 Å². The summed E-state index contributed by atoms with van der Waals surface area (Å²) in [6.07, 6.45) is 1.20. The molecular weight excluding hydrogens is 342 g/mol. The third kappa shape index (κ3) is 3.11. The molecule has 1 atom stereocenters. The lowest BCUT2D eigenvalue weighted by molar-refractivity contribution is -0.132. The number of hydrogen-bond acceptors (Lipinski definition) is 4. The molecule has 2 aromatic carbocycles. The third-order valence-electron chi connectivity index (χ3n) is 5.34. The quantitative estimate of drug-likeness (QED) is 0.812. The minimum Gasteiger partial charge on any atom is -0.392 e. The molecule has 2 heterocycles. The van der Waals surface area contributed by atoms with E-state index in [-0.39, 0.29) is 12.6 Å². The smallest absolute Gasteiger partial charge is 0.326 e. The number of carbonyl (C=O) groups excluding carboxylic acids is 2. The first kappa shape index (κ1) is 17.7. The topological polar surface area (TPSA) is 72.9 Å². The number of urea groups is 1. The molecule has 6 heteroatoms. The molecule has 4 rings (SSSR count). The summed E-state index contributed by atoms with van der Waals surface area (Å²) >= 11 is 0. The van der Waals surface area contributed by atoms with E-state index in [1.165, 1.54) is 4.90 Å². The Bertz CT molecular complexity index is 786. The molecule has 2 N–H and O–H groups in total. The number of piperidine rings is 1. The van der Waals surface area contributed by atoms with Crippen LogP contribution in [0.3, 0.4) is 0 Å². The summed E-state index contributed by atoms with van der Waals surface area (Å²) in [5, 5.41) is 12.8. The third-order valence-corrected chi connectivity index (χ3v) is 5.34. The Hall–Kier alpha value is -2.70. The molecule has 0 bridgehead atoms. The lowest BCUT2D eigenvalue weighted by Gasteiger charge is -2.33. The second kappa shape index (κ2) is 7.13. The number of aliphatic hydroxyl groups is 1. The predicted molar refractivity (Wildman–Crippen MR) is 101 cm³/mol. The van der Waals surface area contributed by atoms with Gasteiger partial charge in [-0.15, -0.1) is 0 Å². The average Bonchev–Trinajstić information content (AvgIpc) is 2.95. The molecule has 27 heavy (non-hydrogen) atoms. The molecule has 0 aromatic heterocycles. The molecule has 140 valence electrons. The molecule has 2 aromatic rings. The fourth-order valence-electron chi connectivity index (χ4n) is 4.00. The van der Waals surface area contributed by atoms with Crippen molar-refractivity contribution in [2.24, 2.45) is 0 Å². The Balaban J connectivity index is 1.71. The monoisotopic (exact) mass is 365 g/mol. The van der Waals surface area contributed by atoms with Gasteiger partial charge in [-0.25, -0.2) is 9.69 Å². The maximum absolute atomic E-state index is 13.5. The van der Waals surface area contributed by atoms with Crippen LogP contribution >= 0.6 is 0 Å². The number of likely N-dealkylation sites (tertiary alicyclic amines) is 1. The molecule has 0 spiro atoms. The van der Waals surface area contributed by atoms with Crippen molar-refractivity contribution in [2.45, 2.75) is 24.5 Å². The van der Waals surface area contributed by atoms with Crippen LogP contribution in [-0.4, -0.2) is 52.7 Å². The van der Waals surface area contributed by atoms with Crippen LogP contribution in [0.5, 0.6) is 0 Å². The van der Waals surface area contributed by atoms with Crippen molar-refractivity contribution in [2.75, 3.05) is 19.8 Å². The molecule has 6 nitrogen and oxygen atoms in total. The number of amides is 3. The zero-order valence-electron chi connectivity index (χ0n) is 15.0. The number of aliphatic hydroxyl groups excluding tert-OH is 1. The van der Waals surface area contributed by atoms with Crippen LogP contribution in [0.4, 0.5) is 4.79 Å². The normalized spacial score (nSPS) is 22.7. The Morgan fingerprint density at radius 3 is 2.15 bits per heavy atom. The Morgan fingerprint density at radius 1 is 1.00 bits per heavy atom. The summed E-state index contributed by atoms with van der Waals surface area (Å²) in [4.78, 5) is 29.6. The first-order valence-corrected chi connectivity index (χ1v) is 9.27. The number of nitrogens with one attached hydrogen (secondary N) is 1. The van der Waals surface area contributed by atoms with E-state index in [1.807, 2.05) is 65.6 Å². The highest BCUT2D eigenvalue weighted by Gasteiger charge is 2.53. The largest absolute Gasteiger partial charge is 0.392 e. The van der Waals surface area contributed by atoms with Crippen molar-refractivity contribution in [1.82, 2.24) is 15.1 Å². The zero-order valence-corrected chi connectivity index (χ0v) is 15.0. The highest BCUT2D eigenvalue weighted by Crippen LogP contribution is 2.36. The van der Waals surface area contributed by atoms with Gasteiger partial charge in [0.15, 0.2) is 5.54 Å². The number of benzene rings is 2. The minimum atomic E-state index is -1.23. The number of hydrogen-bond donors (Lipinski definition) is 2. The number of imide groups is 1. The van der Waals surface area contributed by atoms with Gasteiger partial charge in [-0.2, -0.15) is 0 Å². The van der Waals surface area contributed by atoms with E-state index < -0.39 is 17.7 Å². The fourth-order valence-corrected chi connectivity index (χ4v) is 4.00. The van der Waals surface area contributed by atoms with Gasteiger partial charge in [0.25, 0.3) is 5.91 Å². The Labute approximate surface area is 158 Å². The minimum absolute atomic E-state index is 0.184. The molecule has 2 fully saturated rings. The summed E-state index contributed by atoms with van der Waals surface area (Å²) in [6.45, 7) is 1.42. The maximum Gasteiger partial charge on any atom is 0.326 e. The van der Waals surface area contributed by atoms with Crippen LogP contribution in [0.25, 0.3) is 0 Å². The second-order valence-corrected chi connectivity index (χ2v) is 7.16. The lowest BCUT2D eigenvalue weighted by Crippen LogP contribution is -2.48. The Kier molecular flexibility index (Phi) is 4.68. The molecular formula is C21H23N3O3. The molecule has 0 radical (unpaired) electrons. The van der Waals surface area contributed by atoms with E-state index in [0.29, 0.717) is 6.54 Å². The number of β-amino-alcohol motifs (C(OH)–C–C–N with tert-alkyl or cyclic N) is 1. The van der Waals surface area contributed by atoms with Gasteiger partial charge in [-0.05, 0) is 24.0 Å². The maximum atomic E-state index is 13.5. The Morgan fingerprint density at radius 2 is 1.59 bits per heavy atom. The first-order chi connectivity index (χ1) is 13.1. The summed E-state index contributed by atoms with van der Waals surface area (Å²) in [5.74, 6) is -0.287. The van der Waals surface area contributed by atoms with E-state index in [4.69, 9.17) is 0 Å². The zero-order chi connectivity index (χ0) is 18.9. The van der Waals surface area contributed by atoms with Gasteiger partial charge in [0.2, 0.25) is 0 Å². The van der Waals surface area contributed by atoms with E-state index in [9.17, 15) is 14.7 Å². The van der Waals surface area contributed by atoms with Crippen LogP contribution < -0.4 is 5.32 Å². The van der Waals surface area contributed by atoms with Gasteiger partial charge >= 0.3 is 6.03 Å². The predicted octanol–water partition coefficient (Wildman–Crippen LogP) is 1.90. The highest BCUT2D eigenvalue weighted by atomic mass is 16.3. The van der Waals surface area contributed by atoms with Crippen LogP contribution in [-0.2, 0) is 10.3 Å². The molecule has 0 saturated carbocycles. The average molecular weight is 365 g/mol. The summed E-state index contributed by atoms with van der Waals surface area (Å²) < 4.78 is 0. The van der Waals surface area contributed by atoms with Gasteiger partial charge in [-0.1, -0.05) is 60.7 Å². The van der Waals surface area contributed by atoms with Crippen molar-refractivity contribution in [1.29, 1.82) is 0 Å². The number of rotatable bonds is 4. The summed E-state index contributed by atoms with van der Waals surface area (Å²) in [7, 11) is 0. The van der Waals surface area contributed by atoms with Crippen LogP contribution in [0.15, 0.2) is 60.7 Å². The number of carbonyl (C=O) groups is 2. The van der Waals surface area contributed by atoms with Crippen LogP contribution in [0.2, 0.25) is 0 Å². The van der Waals surface area contributed by atoms with Crippen molar-refractivity contribution >= 4 is 11.9 Å². The summed E-state index contributed by atoms with van der Waals surface area (Å²) in [5.41, 5.74) is 0.236. The van der Waals surface area contributed by atoms with Crippen molar-refractivity contribution in [3.63, 3.8) is 0 Å². The molecule has 2 saturated heterocycles. The van der Waals surface area contributed by atoms with Gasteiger partial charge in [-0.3, -0.25) is 9.69 Å². The first-order valence-electron chi connectivity index (χ1n) is 9.27. The summed E-state index contributed by atoms with van der Waals surface area (Å²) in [6, 6.07) is 18.3. The SMILES string of the molecule is O=C1NC(c2ccccc2)(c2ccccc2)C(=O)N1CN1CCC[C@@H](O)C1. The second-order valence-electron chi connectivity index (χ2n) is 7.16. The molecule has 0 unspecified atom stereocenters. The van der Waals surface area contributed by atoms with Crippen LogP contribution in [0.1, 0.15) is 24.0 Å². The van der Waals surface area contributed by atoms with E-state index >= 15 is 0 Å². The standard InChI is InChI=1S/C21H23N3O3/c25-18-12-7-13-23(14-18)15-24-19(26)21(22-20(24)27,16-8-3-1-4-9-16)17-10-5-2-6-11-17/h1-6,8-11,18,25H,7,12-15H2,(H,22,27)/t18-/m1/s1. The lowest BCUT2D eigenvalue weighted by atomic mass is 9.83. The van der Waals surface area contributed by atoms with E-state index in [1.54, 1.807) is 0 Å². The van der Waals surface area contributed by atoms with Crippen molar-refractivity contribution < 1.29 is 14.7 Å². The number of nitrogens with zero attached hydrogens (tertiary/aromatic N) is 2.